The third kappa shape index (κ3) is 8.75. The summed E-state index contributed by atoms with van der Waals surface area (Å²) in [6, 6.07) is 24.0. The fourth-order valence-electron chi connectivity index (χ4n) is 3.44. The molecule has 3 amide bonds. The second kappa shape index (κ2) is 13.9. The average molecular weight is 588 g/mol. The lowest BCUT2D eigenvalue weighted by atomic mass is 10.1. The number of nitrogens with one attached hydrogen (secondary N) is 3. The summed E-state index contributed by atoms with van der Waals surface area (Å²) < 4.78 is 0. The molecule has 0 atom stereocenters. The number of anilines is 2. The van der Waals surface area contributed by atoms with Crippen LogP contribution in [0.15, 0.2) is 108 Å². The van der Waals surface area contributed by atoms with Crippen LogP contribution in [0.25, 0.3) is 6.08 Å². The fraction of sp³-hybridized carbons (Fsp3) is 0.0345. The van der Waals surface area contributed by atoms with Gasteiger partial charge in [0.1, 0.15) is 11.5 Å². The number of benzene rings is 3. The smallest absolute Gasteiger partial charge is 0.272 e. The number of nitro groups is 1. The van der Waals surface area contributed by atoms with Crippen molar-refractivity contribution in [2.45, 2.75) is 4.90 Å². The SMILES string of the molecule is O=C(CSc1cccc(NC(=O)/C(=C\c2ccc([N+](=O)[O-])cc2)NC(=O)c2ccccc2)c1)Nc1ccc(Cl)cn1. The number of nitrogens with zero attached hydrogens (tertiary/aromatic N) is 2. The van der Waals surface area contributed by atoms with Crippen molar-refractivity contribution >= 4 is 64.4 Å². The highest BCUT2D eigenvalue weighted by Gasteiger charge is 2.16. The number of thioether (sulfide) groups is 1. The van der Waals surface area contributed by atoms with Gasteiger partial charge in [-0.2, -0.15) is 0 Å². The quantitative estimate of drug-likeness (QED) is 0.0922. The van der Waals surface area contributed by atoms with E-state index in [1.165, 1.54) is 48.3 Å². The summed E-state index contributed by atoms with van der Waals surface area (Å²) in [5.74, 6) is -0.900. The Hall–Kier alpha value is -5.00. The van der Waals surface area contributed by atoms with Gasteiger partial charge in [-0.3, -0.25) is 24.5 Å². The van der Waals surface area contributed by atoms with Crippen LogP contribution in [0.2, 0.25) is 5.02 Å². The van der Waals surface area contributed by atoms with E-state index >= 15 is 0 Å². The average Bonchev–Trinajstić information content (AvgIpc) is 2.98. The molecule has 0 fully saturated rings. The molecule has 0 aliphatic heterocycles. The Labute approximate surface area is 244 Å². The van der Waals surface area contributed by atoms with Gasteiger partial charge in [0.15, 0.2) is 0 Å². The van der Waals surface area contributed by atoms with Gasteiger partial charge in [0, 0.05) is 34.5 Å². The Morgan fingerprint density at radius 1 is 0.927 bits per heavy atom. The zero-order chi connectivity index (χ0) is 29.2. The number of halogens is 1. The summed E-state index contributed by atoms with van der Waals surface area (Å²) in [5.41, 5.74) is 1.08. The number of aromatic nitrogens is 1. The lowest BCUT2D eigenvalue weighted by molar-refractivity contribution is -0.384. The van der Waals surface area contributed by atoms with E-state index < -0.39 is 16.7 Å². The molecule has 0 aliphatic carbocycles. The first kappa shape index (κ1) is 29.0. The van der Waals surface area contributed by atoms with Crippen molar-refractivity contribution in [2.75, 3.05) is 16.4 Å². The second-order valence-electron chi connectivity index (χ2n) is 8.41. The molecule has 206 valence electrons. The molecule has 0 spiro atoms. The Bertz CT molecular complexity index is 1600. The molecular weight excluding hydrogens is 566 g/mol. The number of amides is 3. The number of rotatable bonds is 10. The Morgan fingerprint density at radius 3 is 2.37 bits per heavy atom. The predicted molar refractivity (Wildman–Crippen MR) is 159 cm³/mol. The van der Waals surface area contributed by atoms with Crippen LogP contribution in [0, 0.1) is 10.1 Å². The van der Waals surface area contributed by atoms with E-state index in [9.17, 15) is 24.5 Å². The molecule has 4 aromatic rings. The first-order valence-corrected chi connectivity index (χ1v) is 13.4. The zero-order valence-corrected chi connectivity index (χ0v) is 22.8. The summed E-state index contributed by atoms with van der Waals surface area (Å²) in [4.78, 5) is 53.6. The molecule has 10 nitrogen and oxygen atoms in total. The number of non-ortho nitro benzene ring substituents is 1. The molecule has 0 saturated carbocycles. The monoisotopic (exact) mass is 587 g/mol. The van der Waals surface area contributed by atoms with Crippen molar-refractivity contribution in [1.82, 2.24) is 10.3 Å². The number of carbonyl (C=O) groups excluding carboxylic acids is 3. The highest BCUT2D eigenvalue weighted by Crippen LogP contribution is 2.23. The van der Waals surface area contributed by atoms with Crippen LogP contribution in [0.5, 0.6) is 0 Å². The highest BCUT2D eigenvalue weighted by molar-refractivity contribution is 8.00. The van der Waals surface area contributed by atoms with E-state index in [-0.39, 0.29) is 23.0 Å². The zero-order valence-electron chi connectivity index (χ0n) is 21.2. The van der Waals surface area contributed by atoms with Gasteiger partial charge in [0.2, 0.25) is 5.91 Å². The number of carbonyl (C=O) groups is 3. The summed E-state index contributed by atoms with van der Waals surface area (Å²) in [7, 11) is 0. The predicted octanol–water partition coefficient (Wildman–Crippen LogP) is 5.78. The number of pyridine rings is 1. The topological polar surface area (TPSA) is 143 Å². The van der Waals surface area contributed by atoms with Crippen molar-refractivity contribution < 1.29 is 19.3 Å². The highest BCUT2D eigenvalue weighted by atomic mass is 35.5. The molecule has 12 heteroatoms. The maximum atomic E-state index is 13.3. The molecule has 3 N–H and O–H groups in total. The van der Waals surface area contributed by atoms with Gasteiger partial charge in [-0.05, 0) is 66.2 Å². The minimum absolute atomic E-state index is 0.0689. The lowest BCUT2D eigenvalue weighted by Crippen LogP contribution is -2.30. The van der Waals surface area contributed by atoms with Crippen LogP contribution >= 0.6 is 23.4 Å². The normalized spacial score (nSPS) is 10.9. The van der Waals surface area contributed by atoms with E-state index in [4.69, 9.17) is 11.6 Å². The van der Waals surface area contributed by atoms with E-state index in [1.54, 1.807) is 66.7 Å². The standard InChI is InChI=1S/C29H22ClN5O5S/c30-21-11-14-26(31-17-21)34-27(36)18-41-24-8-4-7-22(16-24)32-29(38)25(33-28(37)20-5-2-1-3-6-20)15-19-9-12-23(13-10-19)35(39)40/h1-17H,18H2,(H,32,38)(H,33,37)(H,31,34,36)/b25-15+. The van der Waals surface area contributed by atoms with Gasteiger partial charge >= 0.3 is 0 Å². The molecule has 41 heavy (non-hydrogen) atoms. The van der Waals surface area contributed by atoms with Crippen LogP contribution in [-0.4, -0.2) is 33.4 Å². The van der Waals surface area contributed by atoms with Gasteiger partial charge in [-0.25, -0.2) is 4.98 Å². The van der Waals surface area contributed by atoms with E-state index in [1.807, 2.05) is 0 Å². The molecule has 4 rings (SSSR count). The largest absolute Gasteiger partial charge is 0.321 e. The van der Waals surface area contributed by atoms with E-state index in [2.05, 4.69) is 20.9 Å². The van der Waals surface area contributed by atoms with Gasteiger partial charge in [-0.1, -0.05) is 35.9 Å². The van der Waals surface area contributed by atoms with Crippen molar-refractivity contribution in [2.24, 2.45) is 0 Å². The molecule has 3 aromatic carbocycles. The van der Waals surface area contributed by atoms with E-state index in [0.717, 1.165) is 4.90 Å². The van der Waals surface area contributed by atoms with Crippen LogP contribution < -0.4 is 16.0 Å². The number of nitro benzene ring substituents is 1. The molecular formula is C29H22ClN5O5S. The molecule has 1 aromatic heterocycles. The van der Waals surface area contributed by atoms with Gasteiger partial charge in [-0.15, -0.1) is 11.8 Å². The molecule has 0 unspecified atom stereocenters. The molecule has 0 radical (unpaired) electrons. The van der Waals surface area contributed by atoms with Crippen molar-refractivity contribution in [3.05, 3.63) is 129 Å². The van der Waals surface area contributed by atoms with Crippen molar-refractivity contribution in [3.8, 4) is 0 Å². The van der Waals surface area contributed by atoms with Crippen LogP contribution in [0.1, 0.15) is 15.9 Å². The first-order chi connectivity index (χ1) is 19.8. The molecule has 0 bridgehead atoms. The minimum atomic E-state index is -0.610. The minimum Gasteiger partial charge on any atom is -0.321 e. The van der Waals surface area contributed by atoms with Gasteiger partial charge < -0.3 is 16.0 Å². The van der Waals surface area contributed by atoms with Crippen LogP contribution in [0.3, 0.4) is 0 Å². The maximum absolute atomic E-state index is 13.3. The van der Waals surface area contributed by atoms with Crippen molar-refractivity contribution in [1.29, 1.82) is 0 Å². The fourth-order valence-corrected chi connectivity index (χ4v) is 4.31. The van der Waals surface area contributed by atoms with Crippen LogP contribution in [0.4, 0.5) is 17.2 Å². The lowest BCUT2D eigenvalue weighted by Gasteiger charge is -2.12. The van der Waals surface area contributed by atoms with E-state index in [0.29, 0.717) is 27.7 Å². The summed E-state index contributed by atoms with van der Waals surface area (Å²) in [6.07, 6.45) is 2.86. The maximum Gasteiger partial charge on any atom is 0.272 e. The van der Waals surface area contributed by atoms with Crippen molar-refractivity contribution in [3.63, 3.8) is 0 Å². The Kier molecular flexibility index (Phi) is 9.81. The molecule has 0 aliphatic rings. The van der Waals surface area contributed by atoms with Gasteiger partial charge in [0.05, 0.1) is 15.7 Å². The molecule has 0 saturated heterocycles. The van der Waals surface area contributed by atoms with Crippen LogP contribution in [-0.2, 0) is 9.59 Å². The second-order valence-corrected chi connectivity index (χ2v) is 9.89. The third-order valence-corrected chi connectivity index (χ3v) is 6.62. The summed E-state index contributed by atoms with van der Waals surface area (Å²) >= 11 is 7.07. The number of hydrogen-bond donors (Lipinski definition) is 3. The Balaban J connectivity index is 1.46. The first-order valence-electron chi connectivity index (χ1n) is 12.0. The summed E-state index contributed by atoms with van der Waals surface area (Å²) in [6.45, 7) is 0. The summed E-state index contributed by atoms with van der Waals surface area (Å²) in [5, 5.41) is 19.5. The van der Waals surface area contributed by atoms with Gasteiger partial charge in [0.25, 0.3) is 17.5 Å². The number of hydrogen-bond acceptors (Lipinski definition) is 7. The third-order valence-electron chi connectivity index (χ3n) is 5.40. The Morgan fingerprint density at radius 2 is 1.68 bits per heavy atom. The molecule has 1 heterocycles.